The van der Waals surface area contributed by atoms with Gasteiger partial charge in [0.05, 0.1) is 10.4 Å². The molecule has 1 aliphatic rings. The van der Waals surface area contributed by atoms with E-state index in [1.807, 2.05) is 6.07 Å². The summed E-state index contributed by atoms with van der Waals surface area (Å²) in [5, 5.41) is 10.2. The average Bonchev–Trinajstić information content (AvgIpc) is 3.28. The maximum absolute atomic E-state index is 13.8. The Bertz CT molecular complexity index is 1450. The number of piperazine rings is 1. The van der Waals surface area contributed by atoms with Crippen molar-refractivity contribution in [2.24, 2.45) is 0 Å². The van der Waals surface area contributed by atoms with Crippen LogP contribution in [0, 0.1) is 11.3 Å². The summed E-state index contributed by atoms with van der Waals surface area (Å²) in [5.74, 6) is -0.169. The van der Waals surface area contributed by atoms with Crippen molar-refractivity contribution in [2.75, 3.05) is 60.5 Å². The van der Waals surface area contributed by atoms with Crippen molar-refractivity contribution in [1.82, 2.24) is 18.7 Å². The normalized spacial score (nSPS) is 15.5. The number of ketones is 1. The molecule has 1 fully saturated rings. The number of aromatic nitrogens is 1. The van der Waals surface area contributed by atoms with Crippen LogP contribution in [0.4, 0.5) is 0 Å². The van der Waals surface area contributed by atoms with E-state index >= 15 is 0 Å². The van der Waals surface area contributed by atoms with E-state index in [9.17, 15) is 18.5 Å². The highest BCUT2D eigenvalue weighted by molar-refractivity contribution is 7.90. The molecule has 1 aromatic heterocycles. The second kappa shape index (κ2) is 11.2. The van der Waals surface area contributed by atoms with E-state index in [0.717, 1.165) is 36.7 Å². The number of nitriles is 1. The maximum Gasteiger partial charge on any atom is 0.268 e. The zero-order chi connectivity index (χ0) is 26.6. The minimum atomic E-state index is -4.15. The lowest BCUT2D eigenvalue weighted by atomic mass is 10.1. The van der Waals surface area contributed by atoms with Crippen molar-refractivity contribution in [2.45, 2.75) is 4.90 Å². The van der Waals surface area contributed by atoms with Crippen LogP contribution in [-0.2, 0) is 10.0 Å². The summed E-state index contributed by atoms with van der Waals surface area (Å²) in [7, 11) is 1.33. The van der Waals surface area contributed by atoms with Crippen molar-refractivity contribution in [1.29, 1.82) is 5.26 Å². The monoisotopic (exact) mass is 521 g/mol. The molecule has 194 valence electrons. The number of hydrogen-bond donors (Lipinski definition) is 0. The molecule has 2 aromatic carbocycles. The molecule has 0 bridgehead atoms. The number of allylic oxidation sites excluding steroid dienone is 1. The Morgan fingerprint density at radius 2 is 1.78 bits per heavy atom. The van der Waals surface area contributed by atoms with Crippen LogP contribution in [0.5, 0.6) is 5.75 Å². The zero-order valence-corrected chi connectivity index (χ0v) is 22.1. The van der Waals surface area contributed by atoms with E-state index < -0.39 is 15.8 Å². The molecule has 0 aliphatic carbocycles. The second-order valence-corrected chi connectivity index (χ2v) is 11.1. The van der Waals surface area contributed by atoms with Crippen molar-refractivity contribution in [3.63, 3.8) is 0 Å². The molecule has 0 saturated carbocycles. The van der Waals surface area contributed by atoms with Gasteiger partial charge in [0.1, 0.15) is 29.7 Å². The van der Waals surface area contributed by atoms with E-state index in [1.54, 1.807) is 55.4 Å². The molecule has 4 rings (SSSR count). The summed E-state index contributed by atoms with van der Waals surface area (Å²) in [6.07, 6.45) is 1.38. The van der Waals surface area contributed by atoms with Crippen LogP contribution in [0.1, 0.15) is 10.5 Å². The molecule has 2 heterocycles. The van der Waals surface area contributed by atoms with E-state index in [4.69, 9.17) is 4.74 Å². The Hall–Kier alpha value is -3.65. The van der Waals surface area contributed by atoms with Crippen LogP contribution in [0.3, 0.4) is 0 Å². The van der Waals surface area contributed by atoms with Gasteiger partial charge in [-0.15, -0.1) is 0 Å². The average molecular weight is 522 g/mol. The number of benzene rings is 2. The Morgan fingerprint density at radius 1 is 1.08 bits per heavy atom. The Labute approximate surface area is 217 Å². The second-order valence-electron chi connectivity index (χ2n) is 9.27. The van der Waals surface area contributed by atoms with Crippen molar-refractivity contribution >= 4 is 26.7 Å². The van der Waals surface area contributed by atoms with Crippen LogP contribution in [-0.4, -0.2) is 93.3 Å². The molecule has 9 nitrogen and oxygen atoms in total. The van der Waals surface area contributed by atoms with E-state index in [0.29, 0.717) is 23.3 Å². The van der Waals surface area contributed by atoms with Gasteiger partial charge in [0, 0.05) is 64.5 Å². The third-order valence-corrected chi connectivity index (χ3v) is 8.01. The van der Waals surface area contributed by atoms with Gasteiger partial charge in [-0.1, -0.05) is 18.2 Å². The number of likely N-dealkylation sites (N-methyl/N-ethyl adjacent to an activating group) is 1. The first-order chi connectivity index (χ1) is 17.7. The molecular weight excluding hydrogens is 490 g/mol. The summed E-state index contributed by atoms with van der Waals surface area (Å²) in [6, 6.07) is 16.5. The number of Topliss-reactive ketones (excluding diaryl/α,β-unsaturated/α-hetero) is 1. The van der Waals surface area contributed by atoms with Gasteiger partial charge >= 0.3 is 0 Å². The lowest BCUT2D eigenvalue weighted by Crippen LogP contribution is -2.45. The number of nitrogens with zero attached hydrogens (tertiary/aromatic N) is 5. The molecule has 1 saturated heterocycles. The molecule has 3 aromatic rings. The molecular formula is C27H31N5O4S. The molecule has 0 radical (unpaired) electrons. The highest BCUT2D eigenvalue weighted by Gasteiger charge is 2.28. The Morgan fingerprint density at radius 3 is 2.43 bits per heavy atom. The third-order valence-electron chi connectivity index (χ3n) is 6.27. The minimum Gasteiger partial charge on any atom is -0.492 e. The van der Waals surface area contributed by atoms with E-state index in [2.05, 4.69) is 16.8 Å². The maximum atomic E-state index is 13.8. The summed E-state index contributed by atoms with van der Waals surface area (Å²) < 4.78 is 34.6. The number of fused-ring (bicyclic) bond motifs is 1. The van der Waals surface area contributed by atoms with Gasteiger partial charge in [-0.05, 0) is 37.4 Å². The van der Waals surface area contributed by atoms with Crippen LogP contribution in [0.2, 0.25) is 0 Å². The number of hydrogen-bond acceptors (Lipinski definition) is 8. The van der Waals surface area contributed by atoms with Crippen LogP contribution in [0.25, 0.3) is 10.9 Å². The molecule has 10 heteroatoms. The lowest BCUT2D eigenvalue weighted by Gasteiger charge is -2.32. The first kappa shape index (κ1) is 26.4. The fraction of sp³-hybridized carbons (Fsp3) is 0.333. The molecule has 0 amide bonds. The van der Waals surface area contributed by atoms with Gasteiger partial charge in [0.2, 0.25) is 5.78 Å². The van der Waals surface area contributed by atoms with E-state index in [-0.39, 0.29) is 16.2 Å². The van der Waals surface area contributed by atoms with Crippen molar-refractivity contribution in [3.05, 3.63) is 72.1 Å². The Balaban J connectivity index is 1.73. The lowest BCUT2D eigenvalue weighted by molar-refractivity contribution is 0.103. The van der Waals surface area contributed by atoms with Crippen LogP contribution < -0.4 is 4.74 Å². The number of ether oxygens (including phenoxy) is 1. The topological polar surface area (TPSA) is 98.9 Å². The van der Waals surface area contributed by atoms with Crippen LogP contribution in [0.15, 0.2) is 71.3 Å². The fourth-order valence-electron chi connectivity index (χ4n) is 4.26. The van der Waals surface area contributed by atoms with Gasteiger partial charge in [0.15, 0.2) is 0 Å². The Kier molecular flexibility index (Phi) is 7.97. The summed E-state index contributed by atoms with van der Waals surface area (Å²) in [4.78, 5) is 19.6. The first-order valence-electron chi connectivity index (χ1n) is 12.0. The van der Waals surface area contributed by atoms with Gasteiger partial charge in [-0.3, -0.25) is 9.69 Å². The molecule has 37 heavy (non-hydrogen) atoms. The molecule has 0 unspecified atom stereocenters. The van der Waals surface area contributed by atoms with Crippen molar-refractivity contribution in [3.8, 4) is 11.8 Å². The van der Waals surface area contributed by atoms with Gasteiger partial charge in [-0.25, -0.2) is 12.4 Å². The van der Waals surface area contributed by atoms with E-state index in [1.165, 1.54) is 24.4 Å². The summed E-state index contributed by atoms with van der Waals surface area (Å²) in [6.45, 7) is 5.20. The molecule has 0 spiro atoms. The fourth-order valence-corrected chi connectivity index (χ4v) is 5.78. The third kappa shape index (κ3) is 5.85. The highest BCUT2D eigenvalue weighted by atomic mass is 32.2. The minimum absolute atomic E-state index is 0.0398. The largest absolute Gasteiger partial charge is 0.492 e. The summed E-state index contributed by atoms with van der Waals surface area (Å²) in [5.41, 5.74) is 0.0375. The van der Waals surface area contributed by atoms with Crippen LogP contribution >= 0.6 is 0 Å². The number of carbonyl (C=O) groups excluding carboxylic acids is 1. The highest BCUT2D eigenvalue weighted by Crippen LogP contribution is 2.30. The predicted molar refractivity (Wildman–Crippen MR) is 142 cm³/mol. The molecule has 0 atom stereocenters. The van der Waals surface area contributed by atoms with Gasteiger partial charge in [-0.2, -0.15) is 5.26 Å². The standard InChI is InChI=1S/C27H31N5O4S/c1-29(2)20-22(19-28)27(33)26-17-21-9-10-23(36-16-15-31-13-11-30(3)12-14-31)18-25(21)32(26)37(34,35)24-7-5-4-6-8-24/h4-10,17-18,20H,11-16H2,1-3H3. The van der Waals surface area contributed by atoms with Crippen molar-refractivity contribution < 1.29 is 17.9 Å². The van der Waals surface area contributed by atoms with Gasteiger partial charge in [0.25, 0.3) is 10.0 Å². The number of carbonyl (C=O) groups is 1. The summed E-state index contributed by atoms with van der Waals surface area (Å²) >= 11 is 0. The zero-order valence-electron chi connectivity index (χ0n) is 21.3. The predicted octanol–water partition coefficient (Wildman–Crippen LogP) is 2.66. The number of rotatable bonds is 9. The molecule has 0 N–H and O–H groups in total. The quantitative estimate of drug-likeness (QED) is 0.241. The van der Waals surface area contributed by atoms with Gasteiger partial charge < -0.3 is 14.5 Å². The SMILES string of the molecule is CN(C)C=C(C#N)C(=O)c1cc2ccc(OCCN3CCN(C)CC3)cc2n1S(=O)(=O)c1ccccc1. The first-order valence-corrected chi connectivity index (χ1v) is 13.5. The smallest absolute Gasteiger partial charge is 0.268 e. The molecule has 1 aliphatic heterocycles.